The molecular weight excluding hydrogens is 424 g/mol. The molecule has 2 amide bonds. The van der Waals surface area contributed by atoms with Crippen LogP contribution in [0.4, 0.5) is 0 Å². The Labute approximate surface area is 190 Å². The third-order valence-corrected chi connectivity index (χ3v) is 5.74. The Morgan fingerprint density at radius 2 is 1.67 bits per heavy atom. The maximum atomic E-state index is 13.2. The molecule has 0 radical (unpaired) electrons. The van der Waals surface area contributed by atoms with Gasteiger partial charge in [-0.25, -0.2) is 0 Å². The maximum absolute atomic E-state index is 13.2. The minimum absolute atomic E-state index is 0.0615. The summed E-state index contributed by atoms with van der Waals surface area (Å²) >= 11 is 0. The predicted molar refractivity (Wildman–Crippen MR) is 123 cm³/mol. The summed E-state index contributed by atoms with van der Waals surface area (Å²) in [6.45, 7) is 1.30. The fourth-order valence-corrected chi connectivity index (χ4v) is 3.98. The number of aromatic nitrogens is 2. The fourth-order valence-electron chi connectivity index (χ4n) is 3.98. The fraction of sp³-hybridized carbons (Fsp3) is 0.333. The van der Waals surface area contributed by atoms with E-state index in [0.717, 1.165) is 23.9 Å². The third-order valence-electron chi connectivity index (χ3n) is 5.74. The average molecular weight is 450 g/mol. The number of ether oxygens (including phenoxy) is 2. The number of carbonyl (C=O) groups is 2. The van der Waals surface area contributed by atoms with Crippen LogP contribution < -0.4 is 20.3 Å². The van der Waals surface area contributed by atoms with Gasteiger partial charge in [0, 0.05) is 24.5 Å². The lowest BCUT2D eigenvalue weighted by Crippen LogP contribution is -2.43. The first-order valence-electron chi connectivity index (χ1n) is 10.8. The number of benzene rings is 2. The van der Waals surface area contributed by atoms with Gasteiger partial charge in [0.25, 0.3) is 11.5 Å². The summed E-state index contributed by atoms with van der Waals surface area (Å²) in [5.41, 5.74) is 0.104. The van der Waals surface area contributed by atoms with Crippen LogP contribution in [0.25, 0.3) is 16.5 Å². The molecule has 4 rings (SSSR count). The van der Waals surface area contributed by atoms with Crippen LogP contribution >= 0.6 is 0 Å². The Morgan fingerprint density at radius 3 is 2.36 bits per heavy atom. The second-order valence-corrected chi connectivity index (χ2v) is 7.77. The van der Waals surface area contributed by atoms with Crippen LogP contribution in [-0.2, 0) is 4.79 Å². The van der Waals surface area contributed by atoms with Crippen molar-refractivity contribution in [1.29, 1.82) is 0 Å². The Kier molecular flexibility index (Phi) is 6.58. The average Bonchev–Trinajstić information content (AvgIpc) is 2.87. The van der Waals surface area contributed by atoms with E-state index in [2.05, 4.69) is 10.4 Å². The zero-order valence-electron chi connectivity index (χ0n) is 18.7. The van der Waals surface area contributed by atoms with E-state index in [4.69, 9.17) is 9.47 Å². The quantitative estimate of drug-likeness (QED) is 0.617. The topological polar surface area (TPSA) is 103 Å². The molecule has 0 saturated carbocycles. The minimum Gasteiger partial charge on any atom is -0.493 e. The molecule has 0 aliphatic carbocycles. The first-order chi connectivity index (χ1) is 16.0. The summed E-state index contributed by atoms with van der Waals surface area (Å²) in [7, 11) is 3.02. The van der Waals surface area contributed by atoms with Crippen molar-refractivity contribution in [3.63, 3.8) is 0 Å². The van der Waals surface area contributed by atoms with Crippen LogP contribution in [0.15, 0.2) is 47.3 Å². The van der Waals surface area contributed by atoms with Crippen molar-refractivity contribution in [3.8, 4) is 17.2 Å². The monoisotopic (exact) mass is 450 g/mol. The van der Waals surface area contributed by atoms with E-state index in [1.54, 1.807) is 47.4 Å². The molecule has 1 fully saturated rings. The van der Waals surface area contributed by atoms with Crippen LogP contribution in [0.1, 0.15) is 29.8 Å². The molecule has 1 N–H and O–H groups in total. The van der Waals surface area contributed by atoms with Gasteiger partial charge in [-0.3, -0.25) is 14.4 Å². The van der Waals surface area contributed by atoms with E-state index >= 15 is 0 Å². The van der Waals surface area contributed by atoms with Crippen LogP contribution in [-0.4, -0.2) is 60.3 Å². The molecule has 33 heavy (non-hydrogen) atoms. The Balaban J connectivity index is 1.69. The van der Waals surface area contributed by atoms with Gasteiger partial charge in [-0.1, -0.05) is 18.2 Å². The van der Waals surface area contributed by atoms with Crippen LogP contribution in [0.2, 0.25) is 0 Å². The van der Waals surface area contributed by atoms with Gasteiger partial charge in [0.05, 0.1) is 31.8 Å². The standard InChI is InChI=1S/C24H26N4O5/c1-32-19-11-10-16(14-20(19)33-2)28-24(31)18-9-5-4-8-17(18)22(26-28)23(30)25-15-21(29)27-12-6-3-7-13-27/h4-5,8-11,14H,3,6-7,12-13,15H2,1-2H3,(H,25,30). The highest BCUT2D eigenvalue weighted by Crippen LogP contribution is 2.28. The normalized spacial score (nSPS) is 13.6. The molecule has 2 heterocycles. The third kappa shape index (κ3) is 4.52. The number of nitrogens with one attached hydrogen (secondary N) is 1. The number of amides is 2. The maximum Gasteiger partial charge on any atom is 0.279 e. The molecule has 3 aromatic rings. The van der Waals surface area contributed by atoms with Gasteiger partial charge in [0.1, 0.15) is 0 Å². The van der Waals surface area contributed by atoms with Crippen molar-refractivity contribution in [2.75, 3.05) is 33.9 Å². The molecule has 0 unspecified atom stereocenters. The van der Waals surface area contributed by atoms with E-state index in [9.17, 15) is 14.4 Å². The summed E-state index contributed by atoms with van der Waals surface area (Å²) in [6.07, 6.45) is 3.06. The zero-order chi connectivity index (χ0) is 23.4. The SMILES string of the molecule is COc1ccc(-n2nc(C(=O)NCC(=O)N3CCCCC3)c3ccccc3c2=O)cc1OC. The first-order valence-corrected chi connectivity index (χ1v) is 10.8. The lowest BCUT2D eigenvalue weighted by molar-refractivity contribution is -0.130. The molecule has 172 valence electrons. The number of fused-ring (bicyclic) bond motifs is 1. The van der Waals surface area contributed by atoms with E-state index in [-0.39, 0.29) is 23.7 Å². The van der Waals surface area contributed by atoms with Gasteiger partial charge in [0.2, 0.25) is 5.91 Å². The molecule has 0 atom stereocenters. The Morgan fingerprint density at radius 1 is 0.970 bits per heavy atom. The first kappa shape index (κ1) is 22.3. The molecule has 2 aromatic carbocycles. The largest absolute Gasteiger partial charge is 0.493 e. The van der Waals surface area contributed by atoms with Crippen molar-refractivity contribution >= 4 is 22.6 Å². The molecule has 1 aromatic heterocycles. The molecule has 1 saturated heterocycles. The molecule has 0 bridgehead atoms. The Hall–Kier alpha value is -3.88. The highest BCUT2D eigenvalue weighted by Gasteiger charge is 2.21. The zero-order valence-corrected chi connectivity index (χ0v) is 18.7. The van der Waals surface area contributed by atoms with Crippen molar-refractivity contribution in [1.82, 2.24) is 20.0 Å². The van der Waals surface area contributed by atoms with E-state index in [0.29, 0.717) is 41.0 Å². The molecule has 1 aliphatic rings. The van der Waals surface area contributed by atoms with Crippen LogP contribution in [0.3, 0.4) is 0 Å². The highest BCUT2D eigenvalue weighted by atomic mass is 16.5. The highest BCUT2D eigenvalue weighted by molar-refractivity contribution is 6.05. The van der Waals surface area contributed by atoms with Gasteiger partial charge in [0.15, 0.2) is 17.2 Å². The van der Waals surface area contributed by atoms with E-state index < -0.39 is 5.91 Å². The van der Waals surface area contributed by atoms with Crippen LogP contribution in [0, 0.1) is 0 Å². The predicted octanol–water partition coefficient (Wildman–Crippen LogP) is 2.15. The number of nitrogens with zero attached hydrogens (tertiary/aromatic N) is 3. The number of likely N-dealkylation sites (tertiary alicyclic amines) is 1. The van der Waals surface area contributed by atoms with E-state index in [1.165, 1.54) is 14.2 Å². The van der Waals surface area contributed by atoms with Crippen LogP contribution in [0.5, 0.6) is 11.5 Å². The molecule has 9 nitrogen and oxygen atoms in total. The molecule has 9 heteroatoms. The summed E-state index contributed by atoms with van der Waals surface area (Å²) in [5, 5.41) is 7.80. The van der Waals surface area contributed by atoms with Gasteiger partial charge in [-0.05, 0) is 37.5 Å². The molecular formula is C24H26N4O5. The number of rotatable bonds is 6. The number of carbonyl (C=O) groups excluding carboxylic acids is 2. The second kappa shape index (κ2) is 9.72. The Bertz CT molecular complexity index is 1250. The van der Waals surface area contributed by atoms with Gasteiger partial charge in [-0.15, -0.1) is 0 Å². The second-order valence-electron chi connectivity index (χ2n) is 7.77. The molecule has 0 spiro atoms. The summed E-state index contributed by atoms with van der Waals surface area (Å²) in [6, 6.07) is 11.7. The van der Waals surface area contributed by atoms with Crippen molar-refractivity contribution in [2.24, 2.45) is 0 Å². The van der Waals surface area contributed by atoms with Gasteiger partial charge in [-0.2, -0.15) is 9.78 Å². The summed E-state index contributed by atoms with van der Waals surface area (Å²) in [4.78, 5) is 40.5. The van der Waals surface area contributed by atoms with Gasteiger partial charge >= 0.3 is 0 Å². The van der Waals surface area contributed by atoms with Crippen molar-refractivity contribution < 1.29 is 19.1 Å². The van der Waals surface area contributed by atoms with E-state index in [1.807, 2.05) is 0 Å². The smallest absolute Gasteiger partial charge is 0.279 e. The molecule has 1 aliphatic heterocycles. The number of piperidine rings is 1. The van der Waals surface area contributed by atoms with Crippen molar-refractivity contribution in [2.45, 2.75) is 19.3 Å². The lowest BCUT2D eigenvalue weighted by Gasteiger charge is -2.26. The number of hydrogen-bond donors (Lipinski definition) is 1. The van der Waals surface area contributed by atoms with Gasteiger partial charge < -0.3 is 19.7 Å². The summed E-state index contributed by atoms with van der Waals surface area (Å²) < 4.78 is 11.8. The minimum atomic E-state index is -0.522. The van der Waals surface area contributed by atoms with Crippen molar-refractivity contribution in [3.05, 3.63) is 58.5 Å². The lowest BCUT2D eigenvalue weighted by atomic mass is 10.1. The summed E-state index contributed by atoms with van der Waals surface area (Å²) in [5.74, 6) is 0.283. The number of methoxy groups -OCH3 is 2. The number of hydrogen-bond acceptors (Lipinski definition) is 6.